The lowest BCUT2D eigenvalue weighted by molar-refractivity contribution is -0.252. The van der Waals surface area contributed by atoms with Crippen LogP contribution in [0.1, 0.15) is 100 Å². The third-order valence-corrected chi connectivity index (χ3v) is 12.8. The summed E-state index contributed by atoms with van der Waals surface area (Å²) in [5.41, 5.74) is -3.61. The second kappa shape index (κ2) is 8.15. The van der Waals surface area contributed by atoms with E-state index in [2.05, 4.69) is 40.7 Å². The number of rotatable bonds is 2. The van der Waals surface area contributed by atoms with E-state index in [-0.39, 0.29) is 47.0 Å². The highest BCUT2D eigenvalue weighted by Gasteiger charge is 2.75. The van der Waals surface area contributed by atoms with Crippen LogP contribution in [0.25, 0.3) is 0 Å². The number of aliphatic hydroxyl groups is 1. The molecular weight excluding hydrogens is 490 g/mol. The maximum absolute atomic E-state index is 14.5. The van der Waals surface area contributed by atoms with Gasteiger partial charge in [-0.25, -0.2) is 0 Å². The maximum atomic E-state index is 14.5. The molecular formula is C33H45NO5. The van der Waals surface area contributed by atoms with Crippen LogP contribution in [0.2, 0.25) is 0 Å². The Labute approximate surface area is 233 Å². The summed E-state index contributed by atoms with van der Waals surface area (Å²) in [6, 6.07) is 2.14. The SMILES string of the molecule is CC(=O)OC[C@]12CCC(C)(C)CC1[C@@]1(O)C(=O)C=C3[C@@]4(C)C=C(C#N)C(=O)C(C)(C)[C@@H]4CC[C@@]3(C)[C@]1(C)CC2. The first-order chi connectivity index (χ1) is 17.8. The summed E-state index contributed by atoms with van der Waals surface area (Å²) < 4.78 is 5.63. The summed E-state index contributed by atoms with van der Waals surface area (Å²) >= 11 is 0. The number of esters is 1. The molecule has 0 bridgehead atoms. The van der Waals surface area contributed by atoms with Crippen molar-refractivity contribution in [1.82, 2.24) is 0 Å². The Morgan fingerprint density at radius 3 is 2.28 bits per heavy atom. The molecule has 7 atom stereocenters. The van der Waals surface area contributed by atoms with Crippen molar-refractivity contribution >= 4 is 17.5 Å². The van der Waals surface area contributed by atoms with Gasteiger partial charge in [0.1, 0.15) is 11.7 Å². The van der Waals surface area contributed by atoms with Gasteiger partial charge in [0.15, 0.2) is 11.6 Å². The van der Waals surface area contributed by atoms with Gasteiger partial charge in [-0.1, -0.05) is 54.5 Å². The third kappa shape index (κ3) is 3.38. The van der Waals surface area contributed by atoms with E-state index in [1.165, 1.54) is 6.92 Å². The van der Waals surface area contributed by atoms with Crippen LogP contribution in [0.5, 0.6) is 0 Å². The fourth-order valence-electron chi connectivity index (χ4n) is 10.2. The Kier molecular flexibility index (Phi) is 5.91. The molecule has 3 fully saturated rings. The van der Waals surface area contributed by atoms with E-state index < -0.39 is 32.7 Å². The van der Waals surface area contributed by atoms with Crippen molar-refractivity contribution in [3.8, 4) is 6.07 Å². The van der Waals surface area contributed by atoms with Gasteiger partial charge >= 0.3 is 5.97 Å². The highest BCUT2D eigenvalue weighted by molar-refractivity contribution is 6.05. The number of carbonyl (C=O) groups excluding carboxylic acids is 3. The normalized spacial score (nSPS) is 45.8. The second-order valence-electron chi connectivity index (χ2n) is 15.5. The quantitative estimate of drug-likeness (QED) is 0.443. The van der Waals surface area contributed by atoms with Crippen LogP contribution in [0, 0.1) is 55.7 Å². The number of hydrogen-bond acceptors (Lipinski definition) is 6. The molecule has 5 aliphatic carbocycles. The van der Waals surface area contributed by atoms with Gasteiger partial charge in [-0.05, 0) is 73.3 Å². The van der Waals surface area contributed by atoms with Crippen molar-refractivity contribution in [3.63, 3.8) is 0 Å². The van der Waals surface area contributed by atoms with Gasteiger partial charge in [0.2, 0.25) is 0 Å². The van der Waals surface area contributed by atoms with E-state index in [4.69, 9.17) is 4.74 Å². The van der Waals surface area contributed by atoms with Gasteiger partial charge in [-0.2, -0.15) is 5.26 Å². The molecule has 0 aromatic carbocycles. The molecule has 1 unspecified atom stereocenters. The van der Waals surface area contributed by atoms with E-state index >= 15 is 0 Å². The standard InChI is InChI=1S/C33H45NO5/c1-20(35)39-19-32-13-11-27(2,3)17-24(32)33(38)25(36)15-23-29(6)16-21(18-34)26(37)28(4,5)22(29)9-10-30(23,7)31(33,8)12-14-32/h15-16,22,24,38H,9-14,17,19H2,1-8H3/t22-,24?,29-,30+,31-,32+,33+/m0/s1. The van der Waals surface area contributed by atoms with Gasteiger partial charge in [0.25, 0.3) is 0 Å². The van der Waals surface area contributed by atoms with Crippen LogP contribution in [-0.4, -0.2) is 34.9 Å². The third-order valence-electron chi connectivity index (χ3n) is 12.8. The molecule has 5 rings (SSSR count). The molecule has 212 valence electrons. The molecule has 0 saturated heterocycles. The van der Waals surface area contributed by atoms with E-state index in [1.807, 2.05) is 19.9 Å². The number of nitriles is 1. The maximum Gasteiger partial charge on any atom is 0.302 e. The topological polar surface area (TPSA) is 104 Å². The van der Waals surface area contributed by atoms with Crippen LogP contribution in [-0.2, 0) is 19.1 Å². The van der Waals surface area contributed by atoms with E-state index in [0.717, 1.165) is 37.7 Å². The highest BCUT2D eigenvalue weighted by atomic mass is 16.5. The van der Waals surface area contributed by atoms with E-state index in [0.29, 0.717) is 12.8 Å². The van der Waals surface area contributed by atoms with Crippen LogP contribution < -0.4 is 0 Å². The van der Waals surface area contributed by atoms with Crippen molar-refractivity contribution < 1.29 is 24.2 Å². The van der Waals surface area contributed by atoms with Crippen LogP contribution >= 0.6 is 0 Å². The first-order valence-electron chi connectivity index (χ1n) is 14.7. The van der Waals surface area contributed by atoms with Crippen molar-refractivity contribution in [2.24, 2.45) is 44.3 Å². The number of hydrogen-bond donors (Lipinski definition) is 1. The van der Waals surface area contributed by atoms with Crippen molar-refractivity contribution in [1.29, 1.82) is 5.26 Å². The lowest BCUT2D eigenvalue weighted by Gasteiger charge is -2.71. The Bertz CT molecular complexity index is 1270. The van der Waals surface area contributed by atoms with Crippen molar-refractivity contribution in [2.75, 3.05) is 6.61 Å². The molecule has 0 radical (unpaired) electrons. The predicted octanol–water partition coefficient (Wildman–Crippen LogP) is 5.88. The average Bonchev–Trinajstić information content (AvgIpc) is 2.84. The van der Waals surface area contributed by atoms with Gasteiger partial charge in [-0.15, -0.1) is 0 Å². The molecule has 0 aromatic heterocycles. The molecule has 0 heterocycles. The minimum absolute atomic E-state index is 0.0446. The van der Waals surface area contributed by atoms with Gasteiger partial charge < -0.3 is 9.84 Å². The zero-order chi connectivity index (χ0) is 29.0. The summed E-state index contributed by atoms with van der Waals surface area (Å²) in [7, 11) is 0. The van der Waals surface area contributed by atoms with Crippen LogP contribution in [0.3, 0.4) is 0 Å². The minimum atomic E-state index is -1.60. The van der Waals surface area contributed by atoms with Crippen LogP contribution in [0.4, 0.5) is 0 Å². The summed E-state index contributed by atoms with van der Waals surface area (Å²) in [5, 5.41) is 22.8. The number of fused-ring (bicyclic) bond motifs is 7. The molecule has 0 amide bonds. The minimum Gasteiger partial charge on any atom is -0.465 e. The molecule has 6 nitrogen and oxygen atoms in total. The van der Waals surface area contributed by atoms with Crippen LogP contribution in [0.15, 0.2) is 23.3 Å². The number of ether oxygens (including phenoxy) is 1. The molecule has 39 heavy (non-hydrogen) atoms. The highest BCUT2D eigenvalue weighted by Crippen LogP contribution is 2.75. The predicted molar refractivity (Wildman–Crippen MR) is 147 cm³/mol. The monoisotopic (exact) mass is 535 g/mol. The Hall–Kier alpha value is -2.26. The Balaban J connectivity index is 1.71. The number of Topliss-reactive ketones (excluding diaryl/α,β-unsaturated/α-hetero) is 1. The molecule has 0 spiro atoms. The molecule has 1 N–H and O–H groups in total. The second-order valence-corrected chi connectivity index (χ2v) is 15.5. The fraction of sp³-hybridized carbons (Fsp3) is 0.758. The summed E-state index contributed by atoms with van der Waals surface area (Å²) in [4.78, 5) is 39.6. The smallest absolute Gasteiger partial charge is 0.302 e. The number of ketones is 2. The van der Waals surface area contributed by atoms with Gasteiger partial charge in [0, 0.05) is 34.5 Å². The molecule has 6 heteroatoms. The summed E-state index contributed by atoms with van der Waals surface area (Å²) in [5.74, 6) is -1.11. The van der Waals surface area contributed by atoms with Gasteiger partial charge in [0.05, 0.1) is 12.2 Å². The number of allylic oxidation sites excluding steroid dienone is 3. The molecule has 0 aromatic rings. The first kappa shape index (κ1) is 28.3. The summed E-state index contributed by atoms with van der Waals surface area (Å²) in [6.07, 6.45) is 8.92. The van der Waals surface area contributed by atoms with E-state index in [9.17, 15) is 24.8 Å². The Morgan fingerprint density at radius 1 is 1.03 bits per heavy atom. The fourth-order valence-corrected chi connectivity index (χ4v) is 10.2. The summed E-state index contributed by atoms with van der Waals surface area (Å²) in [6.45, 7) is 16.3. The molecule has 5 aliphatic rings. The first-order valence-corrected chi connectivity index (χ1v) is 14.7. The molecule has 3 saturated carbocycles. The number of nitrogens with zero attached hydrogens (tertiary/aromatic N) is 1. The number of carbonyl (C=O) groups is 3. The lowest BCUT2D eigenvalue weighted by atomic mass is 9.33. The van der Waals surface area contributed by atoms with E-state index in [1.54, 1.807) is 6.08 Å². The Morgan fingerprint density at radius 2 is 1.67 bits per heavy atom. The van der Waals surface area contributed by atoms with Gasteiger partial charge in [-0.3, -0.25) is 14.4 Å². The molecule has 0 aliphatic heterocycles. The zero-order valence-electron chi connectivity index (χ0n) is 25.0. The van der Waals surface area contributed by atoms with Crippen molar-refractivity contribution in [3.05, 3.63) is 23.3 Å². The average molecular weight is 536 g/mol. The largest absolute Gasteiger partial charge is 0.465 e. The van der Waals surface area contributed by atoms with Crippen molar-refractivity contribution in [2.45, 2.75) is 106 Å². The lowest BCUT2D eigenvalue weighted by Crippen LogP contribution is -2.74. The zero-order valence-corrected chi connectivity index (χ0v) is 25.0.